The Morgan fingerprint density at radius 1 is 1.50 bits per heavy atom. The van der Waals surface area contributed by atoms with Crippen molar-refractivity contribution in [2.75, 3.05) is 26.1 Å². The van der Waals surface area contributed by atoms with Crippen LogP contribution in [-0.4, -0.2) is 45.2 Å². The molecule has 1 fully saturated rings. The number of hydrogen-bond acceptors (Lipinski definition) is 6. The van der Waals surface area contributed by atoms with Gasteiger partial charge in [-0.1, -0.05) is 11.6 Å². The molecule has 1 heterocycles. The van der Waals surface area contributed by atoms with Crippen molar-refractivity contribution in [2.45, 2.75) is 22.7 Å². The van der Waals surface area contributed by atoms with Crippen LogP contribution in [0.5, 0.6) is 5.75 Å². The molecule has 1 aromatic rings. The highest BCUT2D eigenvalue weighted by molar-refractivity contribution is 7.92. The minimum Gasteiger partial charge on any atom is -0.504 e. The first-order valence-corrected chi connectivity index (χ1v) is 7.93. The van der Waals surface area contributed by atoms with Crippen molar-refractivity contribution in [1.29, 1.82) is 0 Å². The highest BCUT2D eigenvalue weighted by Gasteiger charge is 2.40. The second-order valence-corrected chi connectivity index (χ2v) is 7.05. The van der Waals surface area contributed by atoms with E-state index in [-0.39, 0.29) is 28.6 Å². The maximum absolute atomic E-state index is 12.7. The first-order chi connectivity index (χ1) is 9.39. The van der Waals surface area contributed by atoms with Crippen LogP contribution in [0.1, 0.15) is 6.42 Å². The molecule has 0 unspecified atom stereocenters. The Hall–Kier alpha value is -1.02. The number of rotatable bonds is 3. The van der Waals surface area contributed by atoms with Gasteiger partial charge in [0.2, 0.25) is 0 Å². The summed E-state index contributed by atoms with van der Waals surface area (Å²) in [6, 6.07) is 2.71. The predicted octanol–water partition coefficient (Wildman–Crippen LogP) is 1.21. The van der Waals surface area contributed by atoms with E-state index in [1.54, 1.807) is 0 Å². The van der Waals surface area contributed by atoms with Crippen molar-refractivity contribution in [1.82, 2.24) is 0 Å². The van der Waals surface area contributed by atoms with Crippen molar-refractivity contribution in [3.8, 4) is 5.75 Å². The lowest BCUT2D eigenvalue weighted by Crippen LogP contribution is -2.43. The third-order valence-corrected chi connectivity index (χ3v) is 6.09. The predicted molar refractivity (Wildman–Crippen MR) is 74.7 cm³/mol. The lowest BCUT2D eigenvalue weighted by Gasteiger charge is -2.30. The number of benzene rings is 1. The third-order valence-electron chi connectivity index (χ3n) is 3.34. The number of sulfone groups is 1. The molecule has 0 spiro atoms. The highest BCUT2D eigenvalue weighted by Crippen LogP contribution is 2.39. The van der Waals surface area contributed by atoms with E-state index in [2.05, 4.69) is 0 Å². The third kappa shape index (κ3) is 2.58. The lowest BCUT2D eigenvalue weighted by atomic mass is 10.1. The summed E-state index contributed by atoms with van der Waals surface area (Å²) in [6.07, 6.45) is -0.337. The van der Waals surface area contributed by atoms with Gasteiger partial charge in [0.15, 0.2) is 15.6 Å². The van der Waals surface area contributed by atoms with Gasteiger partial charge in [-0.2, -0.15) is 0 Å². The minimum atomic E-state index is -3.87. The molecule has 2 rings (SSSR count). The van der Waals surface area contributed by atoms with Crippen molar-refractivity contribution < 1.29 is 23.0 Å². The summed E-state index contributed by atoms with van der Waals surface area (Å²) in [6.45, 7) is 0.492. The number of phenolic OH excluding ortho intramolecular Hbond substituents is 1. The molecule has 2 atom stereocenters. The first kappa shape index (κ1) is 15.4. The smallest absolute Gasteiger partial charge is 0.189 e. The summed E-state index contributed by atoms with van der Waals surface area (Å²) in [5, 5.41) is 9.06. The Morgan fingerprint density at radius 3 is 2.85 bits per heavy atom. The molecule has 112 valence electrons. The van der Waals surface area contributed by atoms with Gasteiger partial charge < -0.3 is 20.3 Å². The zero-order chi connectivity index (χ0) is 14.9. The second-order valence-electron chi connectivity index (χ2n) is 4.54. The molecular weight excluding hydrogens is 306 g/mol. The van der Waals surface area contributed by atoms with Crippen LogP contribution in [-0.2, 0) is 19.3 Å². The van der Waals surface area contributed by atoms with Crippen LogP contribution in [0.4, 0.5) is 5.69 Å². The number of anilines is 1. The van der Waals surface area contributed by atoms with Crippen LogP contribution in [0, 0.1) is 0 Å². The maximum atomic E-state index is 12.7. The number of phenols is 1. The number of ether oxygens (including phenoxy) is 2. The van der Waals surface area contributed by atoms with E-state index in [4.69, 9.17) is 26.8 Å². The SMILES string of the molecule is CO[C@@H]1COCC[C@H]1S(=O)(=O)c1c(Cl)ccc(N)c1O. The molecule has 0 bridgehead atoms. The van der Waals surface area contributed by atoms with E-state index in [9.17, 15) is 13.5 Å². The molecular formula is C12H16ClNO5S. The van der Waals surface area contributed by atoms with Gasteiger partial charge in [0, 0.05) is 13.7 Å². The van der Waals surface area contributed by atoms with E-state index >= 15 is 0 Å². The highest BCUT2D eigenvalue weighted by atomic mass is 35.5. The molecule has 1 aromatic carbocycles. The van der Waals surface area contributed by atoms with Crippen molar-refractivity contribution in [2.24, 2.45) is 0 Å². The quantitative estimate of drug-likeness (QED) is 0.641. The molecule has 3 N–H and O–H groups in total. The number of methoxy groups -OCH3 is 1. The largest absolute Gasteiger partial charge is 0.504 e. The van der Waals surface area contributed by atoms with Gasteiger partial charge in [0.1, 0.15) is 4.90 Å². The number of nitrogen functional groups attached to an aromatic ring is 1. The Balaban J connectivity index is 2.52. The summed E-state index contributed by atoms with van der Waals surface area (Å²) >= 11 is 5.93. The van der Waals surface area contributed by atoms with Gasteiger partial charge in [-0.05, 0) is 18.6 Å². The molecule has 0 amide bonds. The summed E-state index contributed by atoms with van der Waals surface area (Å²) < 4.78 is 35.8. The fourth-order valence-corrected chi connectivity index (χ4v) is 4.75. The van der Waals surface area contributed by atoms with Crippen LogP contribution in [0.2, 0.25) is 5.02 Å². The average molecular weight is 322 g/mol. The van der Waals surface area contributed by atoms with E-state index in [1.165, 1.54) is 19.2 Å². The fraction of sp³-hybridized carbons (Fsp3) is 0.500. The molecule has 20 heavy (non-hydrogen) atoms. The summed E-state index contributed by atoms with van der Waals surface area (Å²) in [4.78, 5) is -0.340. The van der Waals surface area contributed by atoms with E-state index < -0.39 is 26.9 Å². The van der Waals surface area contributed by atoms with Gasteiger partial charge >= 0.3 is 0 Å². The Kier molecular flexibility index (Phi) is 4.43. The zero-order valence-corrected chi connectivity index (χ0v) is 12.4. The molecule has 1 aliphatic heterocycles. The van der Waals surface area contributed by atoms with Gasteiger partial charge in [-0.25, -0.2) is 8.42 Å². The van der Waals surface area contributed by atoms with E-state index in [0.29, 0.717) is 6.61 Å². The normalized spacial score (nSPS) is 23.7. The summed E-state index contributed by atoms with van der Waals surface area (Å²) in [5.41, 5.74) is 5.52. The average Bonchev–Trinajstić information content (AvgIpc) is 2.43. The molecule has 0 aromatic heterocycles. The standard InChI is InChI=1S/C12H16ClNO5S/c1-18-9-6-19-5-4-10(9)20(16,17)12-7(13)2-3-8(14)11(12)15/h2-3,9-10,15H,4-6,14H2,1H3/t9-,10-/m1/s1. The van der Waals surface area contributed by atoms with Crippen molar-refractivity contribution in [3.63, 3.8) is 0 Å². The Labute approximate surface area is 122 Å². The Morgan fingerprint density at radius 2 is 2.20 bits per heavy atom. The number of halogens is 1. The van der Waals surface area contributed by atoms with Crippen LogP contribution >= 0.6 is 11.6 Å². The molecule has 1 aliphatic rings. The van der Waals surface area contributed by atoms with Gasteiger partial charge in [-0.3, -0.25) is 0 Å². The monoisotopic (exact) mass is 321 g/mol. The number of aromatic hydroxyl groups is 1. The number of hydrogen-bond donors (Lipinski definition) is 2. The topological polar surface area (TPSA) is 98.9 Å². The zero-order valence-electron chi connectivity index (χ0n) is 10.9. The number of nitrogens with two attached hydrogens (primary N) is 1. The van der Waals surface area contributed by atoms with E-state index in [1.807, 2.05) is 0 Å². The fourth-order valence-electron chi connectivity index (χ4n) is 2.25. The molecule has 1 saturated heterocycles. The van der Waals surface area contributed by atoms with Gasteiger partial charge in [-0.15, -0.1) is 0 Å². The van der Waals surface area contributed by atoms with Crippen LogP contribution in [0.3, 0.4) is 0 Å². The molecule has 0 aliphatic carbocycles. The Bertz CT molecular complexity index is 604. The van der Waals surface area contributed by atoms with Crippen LogP contribution in [0.15, 0.2) is 17.0 Å². The van der Waals surface area contributed by atoms with Gasteiger partial charge in [0.25, 0.3) is 0 Å². The van der Waals surface area contributed by atoms with Crippen LogP contribution < -0.4 is 5.73 Å². The van der Waals surface area contributed by atoms with E-state index in [0.717, 1.165) is 0 Å². The molecule has 0 saturated carbocycles. The van der Waals surface area contributed by atoms with Crippen molar-refractivity contribution in [3.05, 3.63) is 17.2 Å². The maximum Gasteiger partial charge on any atom is 0.189 e. The first-order valence-electron chi connectivity index (χ1n) is 6.01. The summed E-state index contributed by atoms with van der Waals surface area (Å²) in [5.74, 6) is -0.515. The molecule has 8 heteroatoms. The summed E-state index contributed by atoms with van der Waals surface area (Å²) in [7, 11) is -2.45. The molecule has 0 radical (unpaired) electrons. The van der Waals surface area contributed by atoms with Crippen molar-refractivity contribution >= 4 is 27.1 Å². The van der Waals surface area contributed by atoms with Gasteiger partial charge in [0.05, 0.1) is 28.7 Å². The lowest BCUT2D eigenvalue weighted by molar-refractivity contribution is -0.0263. The minimum absolute atomic E-state index is 0.0333. The van der Waals surface area contributed by atoms with Crippen LogP contribution in [0.25, 0.3) is 0 Å². The second kappa shape index (κ2) is 5.77. The molecule has 6 nitrogen and oxygen atoms in total.